The van der Waals surface area contributed by atoms with Gasteiger partial charge in [0.05, 0.1) is 11.1 Å². The molecule has 9 nitrogen and oxygen atoms in total. The highest BCUT2D eigenvalue weighted by Crippen LogP contribution is 2.38. The molecule has 4 heterocycles. The lowest BCUT2D eigenvalue weighted by Crippen LogP contribution is -2.26. The van der Waals surface area contributed by atoms with Crippen molar-refractivity contribution in [2.24, 2.45) is 7.05 Å². The molecule has 1 aromatic carbocycles. The zero-order valence-electron chi connectivity index (χ0n) is 15.8. The topological polar surface area (TPSA) is 103 Å². The Balaban J connectivity index is 1.50. The van der Waals surface area contributed by atoms with E-state index >= 15 is 0 Å². The minimum Gasteiger partial charge on any atom is -0.454 e. The molecule has 2 aliphatic heterocycles. The molecule has 2 aliphatic rings. The van der Waals surface area contributed by atoms with Crippen LogP contribution in [-0.2, 0) is 7.05 Å². The molecule has 2 aromatic heterocycles. The minimum absolute atomic E-state index is 0.232. The first-order valence-electron chi connectivity index (χ1n) is 9.55. The Hall–Kier alpha value is -3.07. The second-order valence-corrected chi connectivity index (χ2v) is 7.15. The normalized spacial score (nSPS) is 16.2. The molecule has 0 amide bonds. The van der Waals surface area contributed by atoms with Crippen LogP contribution in [0.1, 0.15) is 12.8 Å². The van der Waals surface area contributed by atoms with Crippen molar-refractivity contribution in [2.75, 3.05) is 44.0 Å². The third-order valence-electron chi connectivity index (χ3n) is 5.30. The number of nitrogens with zero attached hydrogens (tertiary/aromatic N) is 5. The smallest absolute Gasteiger partial charge is 0.231 e. The quantitative estimate of drug-likeness (QED) is 0.690. The second kappa shape index (κ2) is 6.83. The molecule has 1 fully saturated rings. The first-order chi connectivity index (χ1) is 13.7. The summed E-state index contributed by atoms with van der Waals surface area (Å²) < 4.78 is 12.6. The maximum Gasteiger partial charge on any atom is 0.231 e. The summed E-state index contributed by atoms with van der Waals surface area (Å²) in [6.45, 7) is 4.33. The average molecular weight is 381 g/mol. The molecular formula is C19H23N7O2. The van der Waals surface area contributed by atoms with Gasteiger partial charge < -0.3 is 25.4 Å². The summed E-state index contributed by atoms with van der Waals surface area (Å²) in [7, 11) is 1.81. The molecule has 0 unspecified atom stereocenters. The van der Waals surface area contributed by atoms with Gasteiger partial charge in [0, 0.05) is 25.7 Å². The van der Waals surface area contributed by atoms with Crippen LogP contribution in [0.4, 0.5) is 11.8 Å². The summed E-state index contributed by atoms with van der Waals surface area (Å²) in [5.41, 5.74) is 8.46. The molecule has 0 radical (unpaired) electrons. The summed E-state index contributed by atoms with van der Waals surface area (Å²) >= 11 is 0. The number of rotatable bonds is 5. The van der Waals surface area contributed by atoms with Crippen LogP contribution in [0.5, 0.6) is 11.5 Å². The lowest BCUT2D eigenvalue weighted by atomic mass is 10.1. The Bertz CT molecular complexity index is 1030. The number of aryl methyl sites for hydroxylation is 1. The maximum absolute atomic E-state index is 6.26. The number of nitrogen functional groups attached to an aromatic ring is 1. The highest BCUT2D eigenvalue weighted by Gasteiger charge is 2.20. The number of fused-ring (bicyclic) bond motifs is 2. The van der Waals surface area contributed by atoms with Crippen molar-refractivity contribution < 1.29 is 9.47 Å². The van der Waals surface area contributed by atoms with Gasteiger partial charge in [0.25, 0.3) is 0 Å². The van der Waals surface area contributed by atoms with E-state index in [1.54, 1.807) is 11.7 Å². The molecule has 0 bridgehead atoms. The van der Waals surface area contributed by atoms with Gasteiger partial charge in [0.1, 0.15) is 5.82 Å². The number of hydrogen-bond donors (Lipinski definition) is 2. The van der Waals surface area contributed by atoms with Gasteiger partial charge in [-0.15, -0.1) is 0 Å². The fourth-order valence-corrected chi connectivity index (χ4v) is 3.78. The monoisotopic (exact) mass is 381 g/mol. The predicted octanol–water partition coefficient (Wildman–Crippen LogP) is 1.85. The lowest BCUT2D eigenvalue weighted by molar-refractivity contribution is 0.174. The molecule has 0 saturated carbocycles. The van der Waals surface area contributed by atoms with Gasteiger partial charge >= 0.3 is 0 Å². The van der Waals surface area contributed by atoms with Crippen LogP contribution >= 0.6 is 0 Å². The van der Waals surface area contributed by atoms with E-state index in [9.17, 15) is 0 Å². The van der Waals surface area contributed by atoms with E-state index in [0.29, 0.717) is 23.2 Å². The first kappa shape index (κ1) is 17.1. The molecule has 0 aliphatic carbocycles. The fraction of sp³-hybridized carbons (Fsp3) is 0.421. The average Bonchev–Trinajstić information content (AvgIpc) is 3.42. The van der Waals surface area contributed by atoms with E-state index in [1.165, 1.54) is 25.9 Å². The summed E-state index contributed by atoms with van der Waals surface area (Å²) in [4.78, 5) is 11.8. The van der Waals surface area contributed by atoms with Crippen LogP contribution in [-0.4, -0.2) is 57.6 Å². The molecule has 1 saturated heterocycles. The van der Waals surface area contributed by atoms with Gasteiger partial charge in [-0.3, -0.25) is 4.68 Å². The van der Waals surface area contributed by atoms with Crippen molar-refractivity contribution in [3.8, 4) is 22.8 Å². The van der Waals surface area contributed by atoms with Crippen molar-refractivity contribution in [3.05, 3.63) is 18.2 Å². The van der Waals surface area contributed by atoms with Gasteiger partial charge in [-0.1, -0.05) is 0 Å². The molecule has 3 N–H and O–H groups in total. The van der Waals surface area contributed by atoms with Crippen LogP contribution in [0.25, 0.3) is 22.3 Å². The van der Waals surface area contributed by atoms with E-state index in [-0.39, 0.29) is 6.79 Å². The Kier molecular flexibility index (Phi) is 4.16. The van der Waals surface area contributed by atoms with Crippen molar-refractivity contribution in [1.82, 2.24) is 24.6 Å². The number of nitrogens with two attached hydrogens (primary N) is 1. The van der Waals surface area contributed by atoms with Gasteiger partial charge in [-0.25, -0.2) is 4.98 Å². The van der Waals surface area contributed by atoms with E-state index in [1.807, 2.05) is 18.2 Å². The number of hydrogen-bond acceptors (Lipinski definition) is 8. The minimum atomic E-state index is 0.232. The molecular weight excluding hydrogens is 358 g/mol. The molecule has 28 heavy (non-hydrogen) atoms. The molecule has 0 atom stereocenters. The van der Waals surface area contributed by atoms with Crippen LogP contribution in [0.3, 0.4) is 0 Å². The third kappa shape index (κ3) is 2.97. The van der Waals surface area contributed by atoms with Crippen molar-refractivity contribution >= 4 is 22.8 Å². The number of anilines is 2. The number of ether oxygens (including phenoxy) is 2. The SMILES string of the molecule is Cn1nc2nc(NCCN3CCCC3)nc(-c3ccc4c(c3)OCO4)c2c1N. The van der Waals surface area contributed by atoms with Crippen LogP contribution in [0.15, 0.2) is 18.2 Å². The van der Waals surface area contributed by atoms with Crippen molar-refractivity contribution in [3.63, 3.8) is 0 Å². The van der Waals surface area contributed by atoms with Gasteiger partial charge in [-0.05, 0) is 44.1 Å². The maximum atomic E-state index is 6.26. The number of nitrogens with one attached hydrogen (secondary N) is 1. The summed E-state index contributed by atoms with van der Waals surface area (Å²) in [6, 6.07) is 5.76. The van der Waals surface area contributed by atoms with Crippen molar-refractivity contribution in [2.45, 2.75) is 12.8 Å². The van der Waals surface area contributed by atoms with Crippen LogP contribution in [0, 0.1) is 0 Å². The summed E-state index contributed by atoms with van der Waals surface area (Å²) in [5, 5.41) is 8.54. The molecule has 3 aromatic rings. The fourth-order valence-electron chi connectivity index (χ4n) is 3.78. The highest BCUT2D eigenvalue weighted by molar-refractivity contribution is 5.99. The summed E-state index contributed by atoms with van der Waals surface area (Å²) in [6.07, 6.45) is 2.56. The Morgan fingerprint density at radius 2 is 1.96 bits per heavy atom. The van der Waals surface area contributed by atoms with Crippen LogP contribution < -0.4 is 20.5 Å². The number of benzene rings is 1. The third-order valence-corrected chi connectivity index (χ3v) is 5.30. The van der Waals surface area contributed by atoms with Gasteiger partial charge in [0.15, 0.2) is 17.1 Å². The van der Waals surface area contributed by atoms with Gasteiger partial charge in [-0.2, -0.15) is 10.1 Å². The standard InChI is InChI=1S/C19H23N7O2/c1-25-17(20)15-16(12-4-5-13-14(10-12)28-11-27-13)22-19(23-18(15)24-25)21-6-9-26-7-2-3-8-26/h4-5,10H,2-3,6-9,11,20H2,1H3,(H,21,23,24). The second-order valence-electron chi connectivity index (χ2n) is 7.15. The zero-order chi connectivity index (χ0) is 19.1. The molecule has 9 heteroatoms. The highest BCUT2D eigenvalue weighted by atomic mass is 16.7. The van der Waals surface area contributed by atoms with Crippen LogP contribution in [0.2, 0.25) is 0 Å². The lowest BCUT2D eigenvalue weighted by Gasteiger charge is -2.15. The number of likely N-dealkylation sites (tertiary alicyclic amines) is 1. The van der Waals surface area contributed by atoms with E-state index in [2.05, 4.69) is 20.3 Å². The Labute approximate surface area is 162 Å². The molecule has 5 rings (SSSR count). The van der Waals surface area contributed by atoms with Gasteiger partial charge in [0.2, 0.25) is 12.7 Å². The predicted molar refractivity (Wildman–Crippen MR) is 106 cm³/mol. The molecule has 146 valence electrons. The largest absolute Gasteiger partial charge is 0.454 e. The first-order valence-corrected chi connectivity index (χ1v) is 9.55. The van der Waals surface area contributed by atoms with Crippen molar-refractivity contribution in [1.29, 1.82) is 0 Å². The molecule has 0 spiro atoms. The Morgan fingerprint density at radius 1 is 1.14 bits per heavy atom. The van der Waals surface area contributed by atoms with E-state index in [0.717, 1.165) is 35.5 Å². The number of aromatic nitrogens is 4. The van der Waals surface area contributed by atoms with E-state index < -0.39 is 0 Å². The summed E-state index contributed by atoms with van der Waals surface area (Å²) in [5.74, 6) is 2.52. The Morgan fingerprint density at radius 3 is 2.82 bits per heavy atom. The van der Waals surface area contributed by atoms with E-state index in [4.69, 9.17) is 20.2 Å². The zero-order valence-corrected chi connectivity index (χ0v) is 15.8.